The van der Waals surface area contributed by atoms with Crippen LogP contribution in [0.15, 0.2) is 36.4 Å². The van der Waals surface area contributed by atoms with Crippen molar-refractivity contribution in [3.8, 4) is 11.8 Å². The summed E-state index contributed by atoms with van der Waals surface area (Å²) < 4.78 is 4.75. The molecule has 14 heteroatoms. The maximum absolute atomic E-state index is 13.6. The SMILES string of the molecule is COC(=O)N[C@H](C(=O)N1CCC[C@H]1c1nc2ccc(C#Cc3ccc4nc([C@@H]5CCCN5C(=O)[C@H](C(C)C)N(C)C(=O)O)[nH]c4c3)cc2[nH]1)C(C)C. The van der Waals surface area contributed by atoms with Crippen molar-refractivity contribution in [3.05, 3.63) is 59.2 Å². The molecular weight excluding hydrogens is 664 g/mol. The van der Waals surface area contributed by atoms with Crippen LogP contribution in [0.1, 0.15) is 88.2 Å². The summed E-state index contributed by atoms with van der Waals surface area (Å²) in [4.78, 5) is 71.9. The first-order valence-electron chi connectivity index (χ1n) is 17.8. The van der Waals surface area contributed by atoms with Gasteiger partial charge in [0.05, 0.1) is 41.3 Å². The molecule has 52 heavy (non-hydrogen) atoms. The molecule has 2 aliphatic heterocycles. The second kappa shape index (κ2) is 15.0. The van der Waals surface area contributed by atoms with E-state index in [9.17, 15) is 24.3 Å². The Labute approximate surface area is 302 Å². The van der Waals surface area contributed by atoms with Crippen LogP contribution in [-0.2, 0) is 14.3 Å². The Balaban J connectivity index is 1.18. The third kappa shape index (κ3) is 7.26. The fourth-order valence-electron chi connectivity index (χ4n) is 7.37. The second-order valence-electron chi connectivity index (χ2n) is 14.3. The Morgan fingerprint density at radius 1 is 0.846 bits per heavy atom. The summed E-state index contributed by atoms with van der Waals surface area (Å²) in [6.07, 6.45) is 1.35. The lowest BCUT2D eigenvalue weighted by Crippen LogP contribution is -2.51. The standard InChI is InChI=1S/C38H46N8O6/c1-21(2)31(43-37(49)52-6)35(47)45-17-7-9-29(45)33-39-25-15-13-23(19-27(25)41-33)11-12-24-14-16-26-28(20-24)42-34(40-26)30-10-8-18-46(30)36(48)32(22(3)4)44(5)38(50)51/h13-16,19-22,29-32H,7-10,17-18H2,1-6H3,(H,39,41)(H,40,42)(H,43,49)(H,50,51)/t29-,30-,31-,32-/m0/s1. The zero-order chi connectivity index (χ0) is 37.3. The number of likely N-dealkylation sites (tertiary alicyclic amines) is 2. The van der Waals surface area contributed by atoms with E-state index in [1.165, 1.54) is 14.2 Å². The highest BCUT2D eigenvalue weighted by Gasteiger charge is 2.40. The number of H-pyrrole nitrogens is 2. The van der Waals surface area contributed by atoms with E-state index < -0.39 is 24.3 Å². The zero-order valence-electron chi connectivity index (χ0n) is 30.4. The van der Waals surface area contributed by atoms with Gasteiger partial charge in [-0.05, 0) is 73.9 Å². The van der Waals surface area contributed by atoms with Gasteiger partial charge < -0.3 is 34.9 Å². The van der Waals surface area contributed by atoms with Crippen LogP contribution in [-0.4, -0.2) is 103 Å². The predicted molar refractivity (Wildman–Crippen MR) is 194 cm³/mol. The van der Waals surface area contributed by atoms with E-state index in [1.807, 2.05) is 64.1 Å². The van der Waals surface area contributed by atoms with Gasteiger partial charge in [-0.25, -0.2) is 19.6 Å². The Morgan fingerprint density at radius 3 is 1.79 bits per heavy atom. The maximum atomic E-state index is 13.6. The third-order valence-electron chi connectivity index (χ3n) is 10.0. The molecule has 2 aromatic carbocycles. The largest absolute Gasteiger partial charge is 0.465 e. The number of nitrogens with zero attached hydrogens (tertiary/aromatic N) is 5. The highest BCUT2D eigenvalue weighted by atomic mass is 16.5. The number of benzene rings is 2. The van der Waals surface area contributed by atoms with Gasteiger partial charge in [0.25, 0.3) is 0 Å². The molecule has 14 nitrogen and oxygen atoms in total. The number of nitrogens with one attached hydrogen (secondary N) is 3. The molecule has 0 bridgehead atoms. The number of carbonyl (C=O) groups excluding carboxylic acids is 3. The van der Waals surface area contributed by atoms with Crippen molar-refractivity contribution in [1.29, 1.82) is 0 Å². The number of methoxy groups -OCH3 is 1. The Bertz CT molecular complexity index is 2060. The lowest BCUT2D eigenvalue weighted by atomic mass is 10.0. The number of hydrogen-bond donors (Lipinski definition) is 4. The van der Waals surface area contributed by atoms with Crippen LogP contribution in [0.2, 0.25) is 0 Å². The average Bonchev–Trinajstić information content (AvgIpc) is 3.93. The van der Waals surface area contributed by atoms with Crippen molar-refractivity contribution in [2.45, 2.75) is 77.5 Å². The van der Waals surface area contributed by atoms with Gasteiger partial charge in [-0.1, -0.05) is 39.5 Å². The average molecular weight is 711 g/mol. The number of likely N-dealkylation sites (N-methyl/N-ethyl adjacent to an activating group) is 1. The first kappa shape index (κ1) is 36.2. The minimum atomic E-state index is -1.13. The van der Waals surface area contributed by atoms with Gasteiger partial charge in [0.2, 0.25) is 11.8 Å². The van der Waals surface area contributed by atoms with Crippen molar-refractivity contribution in [2.75, 3.05) is 27.2 Å². The zero-order valence-corrected chi connectivity index (χ0v) is 30.4. The number of aromatic amines is 2. The minimum absolute atomic E-state index is 0.119. The summed E-state index contributed by atoms with van der Waals surface area (Å²) in [5, 5.41) is 12.3. The summed E-state index contributed by atoms with van der Waals surface area (Å²) in [7, 11) is 2.72. The number of carboxylic acid groups (broad SMARTS) is 1. The number of amides is 4. The highest BCUT2D eigenvalue weighted by molar-refractivity contribution is 5.87. The molecule has 4 aromatic rings. The Kier molecular flexibility index (Phi) is 10.4. The van der Waals surface area contributed by atoms with Crippen molar-refractivity contribution >= 4 is 46.1 Å². The fourth-order valence-corrected chi connectivity index (χ4v) is 7.37. The summed E-state index contributed by atoms with van der Waals surface area (Å²) in [6.45, 7) is 8.60. The number of aromatic nitrogens is 4. The van der Waals surface area contributed by atoms with Crippen molar-refractivity contribution in [3.63, 3.8) is 0 Å². The molecule has 4 heterocycles. The molecule has 2 aromatic heterocycles. The molecule has 4 amide bonds. The number of hydrogen-bond acceptors (Lipinski definition) is 7. The molecule has 2 fully saturated rings. The third-order valence-corrected chi connectivity index (χ3v) is 10.0. The molecule has 4 N–H and O–H groups in total. The van der Waals surface area contributed by atoms with E-state index >= 15 is 0 Å². The Hall–Kier alpha value is -5.58. The molecule has 2 saturated heterocycles. The summed E-state index contributed by atoms with van der Waals surface area (Å²) in [5.74, 6) is 7.19. The van der Waals surface area contributed by atoms with Crippen molar-refractivity contribution in [1.82, 2.24) is 40.0 Å². The van der Waals surface area contributed by atoms with Crippen molar-refractivity contribution < 1.29 is 29.0 Å². The summed E-state index contributed by atoms with van der Waals surface area (Å²) in [6, 6.07) is 9.52. The molecular formula is C38H46N8O6. The molecule has 0 unspecified atom stereocenters. The van der Waals surface area contributed by atoms with Gasteiger partial charge in [0.1, 0.15) is 23.7 Å². The smallest absolute Gasteiger partial charge is 0.407 e. The maximum Gasteiger partial charge on any atom is 0.407 e. The number of alkyl carbamates (subject to hydrolysis) is 1. The first-order chi connectivity index (χ1) is 24.9. The van der Waals surface area contributed by atoms with Crippen LogP contribution < -0.4 is 5.32 Å². The van der Waals surface area contributed by atoms with Gasteiger partial charge in [-0.3, -0.25) is 14.5 Å². The topological polar surface area (TPSA) is 177 Å². The van der Waals surface area contributed by atoms with Crippen LogP contribution in [0.5, 0.6) is 0 Å². The molecule has 0 radical (unpaired) electrons. The van der Waals surface area contributed by atoms with E-state index in [4.69, 9.17) is 14.7 Å². The van der Waals surface area contributed by atoms with Crippen LogP contribution in [0.4, 0.5) is 9.59 Å². The molecule has 0 spiro atoms. The monoisotopic (exact) mass is 710 g/mol. The van der Waals surface area contributed by atoms with Crippen LogP contribution in [0.3, 0.4) is 0 Å². The van der Waals surface area contributed by atoms with Gasteiger partial charge in [-0.2, -0.15) is 0 Å². The molecule has 0 aliphatic carbocycles. The predicted octanol–water partition coefficient (Wildman–Crippen LogP) is 5.18. The number of imidazole rings is 2. The quantitative estimate of drug-likeness (QED) is 0.181. The first-order valence-corrected chi connectivity index (χ1v) is 17.8. The summed E-state index contributed by atoms with van der Waals surface area (Å²) >= 11 is 0. The molecule has 6 rings (SSSR count). The fraction of sp³-hybridized carbons (Fsp3) is 0.474. The number of carbonyl (C=O) groups is 4. The van der Waals surface area contributed by atoms with Gasteiger partial charge >= 0.3 is 12.2 Å². The van der Waals surface area contributed by atoms with Crippen LogP contribution >= 0.6 is 0 Å². The number of ether oxygens (including phenoxy) is 1. The van der Waals surface area contributed by atoms with E-state index in [-0.39, 0.29) is 35.7 Å². The van der Waals surface area contributed by atoms with Crippen molar-refractivity contribution in [2.24, 2.45) is 11.8 Å². The molecule has 4 atom stereocenters. The number of fused-ring (bicyclic) bond motifs is 2. The van der Waals surface area contributed by atoms with Crippen LogP contribution in [0.25, 0.3) is 22.1 Å². The minimum Gasteiger partial charge on any atom is -0.465 e. The van der Waals surface area contributed by atoms with E-state index in [0.29, 0.717) is 24.7 Å². The molecule has 0 saturated carbocycles. The van der Waals surface area contributed by atoms with E-state index in [2.05, 4.69) is 27.1 Å². The van der Waals surface area contributed by atoms with E-state index in [1.54, 1.807) is 9.80 Å². The second-order valence-corrected chi connectivity index (χ2v) is 14.3. The molecule has 2 aliphatic rings. The lowest BCUT2D eigenvalue weighted by molar-refractivity contribution is -0.138. The van der Waals surface area contributed by atoms with Gasteiger partial charge in [-0.15, -0.1) is 0 Å². The highest BCUT2D eigenvalue weighted by Crippen LogP contribution is 2.34. The number of rotatable bonds is 8. The van der Waals surface area contributed by atoms with Gasteiger partial charge in [0, 0.05) is 31.3 Å². The van der Waals surface area contributed by atoms with Gasteiger partial charge in [0.15, 0.2) is 0 Å². The summed E-state index contributed by atoms with van der Waals surface area (Å²) in [5.41, 5.74) is 4.72. The molecule has 274 valence electrons. The lowest BCUT2D eigenvalue weighted by Gasteiger charge is -2.33. The normalized spacial score (nSPS) is 18.5. The van der Waals surface area contributed by atoms with Crippen LogP contribution in [0, 0.1) is 23.7 Å². The Morgan fingerprint density at radius 2 is 1.35 bits per heavy atom. The van der Waals surface area contributed by atoms with E-state index in [0.717, 1.165) is 63.8 Å².